The number of piperazine rings is 1. The number of rotatable bonds is 5. The molecule has 2 fully saturated rings. The van der Waals surface area contributed by atoms with E-state index in [1.165, 1.54) is 16.2 Å². The van der Waals surface area contributed by atoms with Gasteiger partial charge in [-0.1, -0.05) is 12.1 Å². The number of carbonyl (C=O) groups is 4. The van der Waals surface area contributed by atoms with Crippen LogP contribution in [-0.2, 0) is 16.1 Å². The third-order valence-corrected chi connectivity index (χ3v) is 8.03. The molecule has 0 N–H and O–H groups in total. The van der Waals surface area contributed by atoms with Crippen LogP contribution in [0.25, 0.3) is 0 Å². The Balaban J connectivity index is 1.21. The molecular weight excluding hydrogens is 480 g/mol. The summed E-state index contributed by atoms with van der Waals surface area (Å²) in [7, 11) is 0. The summed E-state index contributed by atoms with van der Waals surface area (Å²) in [5, 5.41) is 1.94. The maximum atomic E-state index is 13.3. The zero-order valence-electron chi connectivity index (χ0n) is 20.4. The molecule has 9 nitrogen and oxygen atoms in total. The predicted molar refractivity (Wildman–Crippen MR) is 135 cm³/mol. The quantitative estimate of drug-likeness (QED) is 0.575. The number of benzene rings is 1. The van der Waals surface area contributed by atoms with Gasteiger partial charge >= 0.3 is 6.09 Å². The molecular formula is C26H30N4O5S. The van der Waals surface area contributed by atoms with Crippen molar-refractivity contribution in [1.82, 2.24) is 14.7 Å². The number of piperidine rings is 1. The van der Waals surface area contributed by atoms with Crippen molar-refractivity contribution in [3.63, 3.8) is 0 Å². The lowest BCUT2D eigenvalue weighted by atomic mass is 9.93. The minimum Gasteiger partial charge on any atom is -0.450 e. The van der Waals surface area contributed by atoms with Gasteiger partial charge in [0, 0.05) is 50.1 Å². The smallest absolute Gasteiger partial charge is 0.409 e. The lowest BCUT2D eigenvalue weighted by Crippen LogP contribution is -2.53. The number of hydrogen-bond acceptors (Lipinski definition) is 7. The molecule has 0 unspecified atom stereocenters. The lowest BCUT2D eigenvalue weighted by molar-refractivity contribution is -0.137. The molecule has 1 aromatic carbocycles. The first kappa shape index (κ1) is 24.3. The first-order chi connectivity index (χ1) is 17.5. The summed E-state index contributed by atoms with van der Waals surface area (Å²) in [6.45, 7) is 5.68. The van der Waals surface area contributed by atoms with E-state index < -0.39 is 0 Å². The van der Waals surface area contributed by atoms with Crippen LogP contribution in [0.15, 0.2) is 35.7 Å². The molecule has 3 aliphatic heterocycles. The Hall–Kier alpha value is -3.40. The average Bonchev–Trinajstić information content (AvgIpc) is 3.51. The van der Waals surface area contributed by atoms with Crippen molar-refractivity contribution in [3.05, 3.63) is 51.7 Å². The summed E-state index contributed by atoms with van der Waals surface area (Å²) < 4.78 is 5.06. The van der Waals surface area contributed by atoms with Crippen molar-refractivity contribution in [2.75, 3.05) is 50.8 Å². The Morgan fingerprint density at radius 3 is 2.33 bits per heavy atom. The topological polar surface area (TPSA) is 90.5 Å². The molecule has 0 aliphatic carbocycles. The van der Waals surface area contributed by atoms with Gasteiger partial charge in [-0.3, -0.25) is 19.3 Å². The summed E-state index contributed by atoms with van der Waals surface area (Å²) in [6.07, 6.45) is 1.04. The standard InChI is InChI=1S/C26H30N4O5S/c1-2-35-26(34)29-14-12-28(13-15-29)23(31)18-8-10-27(11-9-18)21-7-3-6-20-22(21)25(33)30(24(20)32)17-19-5-4-16-36-19/h3-7,16,18H,2,8-15,17H2,1H3. The summed E-state index contributed by atoms with van der Waals surface area (Å²) in [4.78, 5) is 59.2. The molecule has 4 heterocycles. The van der Waals surface area contributed by atoms with Crippen molar-refractivity contribution in [3.8, 4) is 0 Å². The van der Waals surface area contributed by atoms with Gasteiger partial charge in [-0.2, -0.15) is 0 Å². The highest BCUT2D eigenvalue weighted by Gasteiger charge is 2.39. The molecule has 2 saturated heterocycles. The number of imide groups is 1. The van der Waals surface area contributed by atoms with E-state index in [2.05, 4.69) is 4.90 Å². The number of thiophene rings is 1. The van der Waals surface area contributed by atoms with E-state index in [-0.39, 0.29) is 36.3 Å². The third-order valence-electron chi connectivity index (χ3n) is 7.17. The zero-order chi connectivity index (χ0) is 25.2. The first-order valence-electron chi connectivity index (χ1n) is 12.4. The second-order valence-electron chi connectivity index (χ2n) is 9.25. The van der Waals surface area contributed by atoms with E-state index in [4.69, 9.17) is 4.74 Å². The Morgan fingerprint density at radius 1 is 0.944 bits per heavy atom. The molecule has 2 aromatic rings. The highest BCUT2D eigenvalue weighted by Crippen LogP contribution is 2.35. The second-order valence-corrected chi connectivity index (χ2v) is 10.3. The fraction of sp³-hybridized carbons (Fsp3) is 0.462. The van der Waals surface area contributed by atoms with E-state index >= 15 is 0 Å². The van der Waals surface area contributed by atoms with Crippen LogP contribution in [-0.4, -0.2) is 84.4 Å². The average molecular weight is 511 g/mol. The molecule has 0 bridgehead atoms. The Morgan fingerprint density at radius 2 is 1.67 bits per heavy atom. The van der Waals surface area contributed by atoms with Gasteiger partial charge in [0.2, 0.25) is 5.91 Å². The van der Waals surface area contributed by atoms with Gasteiger partial charge < -0.3 is 19.4 Å². The SMILES string of the molecule is CCOC(=O)N1CCN(C(=O)C2CCN(c3cccc4c3C(=O)N(Cc3cccs3)C4=O)CC2)CC1. The van der Waals surface area contributed by atoms with E-state index in [9.17, 15) is 19.2 Å². The van der Waals surface area contributed by atoms with E-state index in [1.807, 2.05) is 34.5 Å². The van der Waals surface area contributed by atoms with Crippen LogP contribution < -0.4 is 4.90 Å². The van der Waals surface area contributed by atoms with Crippen LogP contribution in [0.1, 0.15) is 45.4 Å². The molecule has 10 heteroatoms. The molecule has 36 heavy (non-hydrogen) atoms. The lowest BCUT2D eigenvalue weighted by Gasteiger charge is -2.39. The van der Waals surface area contributed by atoms with Gasteiger partial charge in [0.15, 0.2) is 0 Å². The van der Waals surface area contributed by atoms with Crippen LogP contribution in [0.4, 0.5) is 10.5 Å². The predicted octanol–water partition coefficient (Wildman–Crippen LogP) is 3.06. The Bertz CT molecular complexity index is 1150. The molecule has 5 rings (SSSR count). The number of anilines is 1. The van der Waals surface area contributed by atoms with Gasteiger partial charge in [-0.05, 0) is 43.3 Å². The molecule has 0 saturated carbocycles. The normalized spacial score (nSPS) is 18.6. The Labute approximate surface area is 214 Å². The monoisotopic (exact) mass is 510 g/mol. The fourth-order valence-electron chi connectivity index (χ4n) is 5.23. The largest absolute Gasteiger partial charge is 0.450 e. The highest BCUT2D eigenvalue weighted by atomic mass is 32.1. The van der Waals surface area contributed by atoms with E-state index in [0.717, 1.165) is 10.6 Å². The molecule has 0 atom stereocenters. The van der Waals surface area contributed by atoms with Crippen LogP contribution in [0.2, 0.25) is 0 Å². The number of carbonyl (C=O) groups excluding carboxylic acids is 4. The van der Waals surface area contributed by atoms with Crippen LogP contribution in [0.5, 0.6) is 0 Å². The second kappa shape index (κ2) is 10.3. The highest BCUT2D eigenvalue weighted by molar-refractivity contribution is 7.09. The van der Waals surface area contributed by atoms with Crippen molar-refractivity contribution < 1.29 is 23.9 Å². The summed E-state index contributed by atoms with van der Waals surface area (Å²) in [5.74, 6) is -0.460. The number of fused-ring (bicyclic) bond motifs is 1. The fourth-order valence-corrected chi connectivity index (χ4v) is 5.92. The van der Waals surface area contributed by atoms with Gasteiger partial charge in [-0.15, -0.1) is 11.3 Å². The minimum absolute atomic E-state index is 0.0835. The summed E-state index contributed by atoms with van der Waals surface area (Å²) in [5.41, 5.74) is 1.69. The summed E-state index contributed by atoms with van der Waals surface area (Å²) >= 11 is 1.52. The minimum atomic E-state index is -0.324. The number of hydrogen-bond donors (Lipinski definition) is 0. The zero-order valence-corrected chi connectivity index (χ0v) is 21.2. The molecule has 4 amide bonds. The van der Waals surface area contributed by atoms with Crippen molar-refractivity contribution in [2.24, 2.45) is 5.92 Å². The molecule has 1 aromatic heterocycles. The van der Waals surface area contributed by atoms with Crippen LogP contribution >= 0.6 is 11.3 Å². The van der Waals surface area contributed by atoms with Gasteiger partial charge in [0.1, 0.15) is 0 Å². The molecule has 0 spiro atoms. The van der Waals surface area contributed by atoms with Gasteiger partial charge in [-0.25, -0.2) is 4.79 Å². The van der Waals surface area contributed by atoms with Crippen molar-refractivity contribution in [1.29, 1.82) is 0 Å². The van der Waals surface area contributed by atoms with Crippen LogP contribution in [0.3, 0.4) is 0 Å². The van der Waals surface area contributed by atoms with E-state index in [1.54, 1.807) is 17.9 Å². The van der Waals surface area contributed by atoms with Crippen molar-refractivity contribution >= 4 is 40.8 Å². The number of ether oxygens (including phenoxy) is 1. The van der Waals surface area contributed by atoms with Gasteiger partial charge in [0.05, 0.1) is 30.0 Å². The number of nitrogens with zero attached hydrogens (tertiary/aromatic N) is 4. The Kier molecular flexibility index (Phi) is 6.95. The van der Waals surface area contributed by atoms with Crippen molar-refractivity contribution in [2.45, 2.75) is 26.3 Å². The van der Waals surface area contributed by atoms with Crippen LogP contribution in [0, 0.1) is 5.92 Å². The van der Waals surface area contributed by atoms with E-state index in [0.29, 0.717) is 69.8 Å². The number of amides is 4. The maximum Gasteiger partial charge on any atom is 0.409 e. The molecule has 3 aliphatic rings. The molecule has 0 radical (unpaired) electrons. The van der Waals surface area contributed by atoms with Gasteiger partial charge in [0.25, 0.3) is 11.8 Å². The maximum absolute atomic E-state index is 13.3. The summed E-state index contributed by atoms with van der Waals surface area (Å²) in [6, 6.07) is 9.28. The molecule has 190 valence electrons. The third kappa shape index (κ3) is 4.57. The first-order valence-corrected chi connectivity index (χ1v) is 13.3.